The summed E-state index contributed by atoms with van der Waals surface area (Å²) in [5, 5.41) is 2.75. The van der Waals surface area contributed by atoms with E-state index in [1.807, 2.05) is 6.92 Å². The van der Waals surface area contributed by atoms with Gasteiger partial charge in [0.15, 0.2) is 0 Å². The molecule has 18 heavy (non-hydrogen) atoms. The van der Waals surface area contributed by atoms with Crippen molar-refractivity contribution in [2.45, 2.75) is 38.6 Å². The molecule has 1 saturated heterocycles. The van der Waals surface area contributed by atoms with Gasteiger partial charge in [0, 0.05) is 13.1 Å². The molecule has 0 bridgehead atoms. The number of hydrogen-bond donors (Lipinski definition) is 1. The number of nitrogens with one attached hydrogen (secondary N) is 1. The van der Waals surface area contributed by atoms with Crippen LogP contribution in [0.4, 0.5) is 0 Å². The highest BCUT2D eigenvalue weighted by atomic mass is 32.2. The summed E-state index contributed by atoms with van der Waals surface area (Å²) >= 11 is 0. The molecule has 104 valence electrons. The van der Waals surface area contributed by atoms with Crippen molar-refractivity contribution in [3.05, 3.63) is 12.7 Å². The number of nitrogens with zero attached hydrogens (tertiary/aromatic N) is 1. The minimum absolute atomic E-state index is 0.115. The Hall–Kier alpha value is -0.880. The fourth-order valence-electron chi connectivity index (χ4n) is 2.13. The third-order valence-electron chi connectivity index (χ3n) is 2.97. The molecule has 0 aliphatic carbocycles. The van der Waals surface area contributed by atoms with Gasteiger partial charge in [0.05, 0.1) is 5.75 Å². The number of hydrogen-bond acceptors (Lipinski definition) is 3. The van der Waals surface area contributed by atoms with E-state index in [1.54, 1.807) is 6.08 Å². The van der Waals surface area contributed by atoms with Gasteiger partial charge >= 0.3 is 0 Å². The molecule has 0 radical (unpaired) electrons. The third kappa shape index (κ3) is 3.81. The number of carbonyl (C=O) groups is 1. The van der Waals surface area contributed by atoms with Crippen LogP contribution in [0.1, 0.15) is 32.6 Å². The van der Waals surface area contributed by atoms with Crippen molar-refractivity contribution >= 4 is 15.9 Å². The van der Waals surface area contributed by atoms with Crippen LogP contribution in [0.15, 0.2) is 12.7 Å². The van der Waals surface area contributed by atoms with Crippen LogP contribution in [0.5, 0.6) is 0 Å². The topological polar surface area (TPSA) is 66.5 Å². The molecule has 1 unspecified atom stereocenters. The molecule has 1 aliphatic heterocycles. The average molecular weight is 274 g/mol. The molecule has 0 aromatic rings. The summed E-state index contributed by atoms with van der Waals surface area (Å²) in [6, 6.07) is -0.522. The summed E-state index contributed by atoms with van der Waals surface area (Å²) in [6.45, 7) is 6.38. The van der Waals surface area contributed by atoms with Crippen LogP contribution in [0.2, 0.25) is 0 Å². The van der Waals surface area contributed by atoms with E-state index in [9.17, 15) is 13.2 Å². The van der Waals surface area contributed by atoms with E-state index in [0.717, 1.165) is 6.42 Å². The molecule has 1 rings (SSSR count). The van der Waals surface area contributed by atoms with E-state index in [-0.39, 0.29) is 11.7 Å². The number of rotatable bonds is 7. The Balaban J connectivity index is 2.64. The third-order valence-corrected chi connectivity index (χ3v) is 5.05. The maximum Gasteiger partial charge on any atom is 0.238 e. The molecule has 1 aliphatic rings. The van der Waals surface area contributed by atoms with Crippen LogP contribution in [0, 0.1) is 0 Å². The Kier molecular flexibility index (Phi) is 5.81. The summed E-state index contributed by atoms with van der Waals surface area (Å²) < 4.78 is 25.4. The second-order valence-corrected chi connectivity index (χ2v) is 6.49. The molecule has 5 nitrogen and oxygen atoms in total. The second kappa shape index (κ2) is 6.89. The highest BCUT2D eigenvalue weighted by Crippen LogP contribution is 2.21. The SMILES string of the molecule is C=CCCNC(=O)C1CCCN1S(=O)(=O)CCC. The zero-order valence-corrected chi connectivity index (χ0v) is 11.7. The summed E-state index contributed by atoms with van der Waals surface area (Å²) in [5.74, 6) is -0.0716. The van der Waals surface area contributed by atoms with Gasteiger partial charge in [0.2, 0.25) is 15.9 Å². The van der Waals surface area contributed by atoms with Crippen LogP contribution in [0.25, 0.3) is 0 Å². The summed E-state index contributed by atoms with van der Waals surface area (Å²) in [4.78, 5) is 11.9. The molecule has 1 atom stereocenters. The lowest BCUT2D eigenvalue weighted by atomic mass is 10.2. The van der Waals surface area contributed by atoms with Crippen molar-refractivity contribution in [3.8, 4) is 0 Å². The zero-order chi connectivity index (χ0) is 13.6. The minimum Gasteiger partial charge on any atom is -0.354 e. The lowest BCUT2D eigenvalue weighted by molar-refractivity contribution is -0.124. The van der Waals surface area contributed by atoms with Crippen molar-refractivity contribution in [2.24, 2.45) is 0 Å². The number of carbonyl (C=O) groups excluding carboxylic acids is 1. The quantitative estimate of drug-likeness (QED) is 0.553. The van der Waals surface area contributed by atoms with E-state index in [1.165, 1.54) is 4.31 Å². The van der Waals surface area contributed by atoms with E-state index < -0.39 is 16.1 Å². The van der Waals surface area contributed by atoms with Crippen molar-refractivity contribution < 1.29 is 13.2 Å². The van der Waals surface area contributed by atoms with Crippen LogP contribution < -0.4 is 5.32 Å². The molecule has 0 saturated carbocycles. The Bertz CT molecular complexity index is 392. The molecular formula is C12H22N2O3S. The van der Waals surface area contributed by atoms with Crippen molar-refractivity contribution in [1.29, 1.82) is 0 Å². The van der Waals surface area contributed by atoms with Gasteiger partial charge in [-0.1, -0.05) is 13.0 Å². The second-order valence-electron chi connectivity index (χ2n) is 4.45. The zero-order valence-electron chi connectivity index (χ0n) is 10.9. The summed E-state index contributed by atoms with van der Waals surface area (Å²) in [7, 11) is -3.28. The lowest BCUT2D eigenvalue weighted by Crippen LogP contribution is -2.46. The molecule has 1 fully saturated rings. The molecule has 6 heteroatoms. The van der Waals surface area contributed by atoms with Crippen LogP contribution in [-0.4, -0.2) is 43.5 Å². The fourth-order valence-corrected chi connectivity index (χ4v) is 3.87. The van der Waals surface area contributed by atoms with Gasteiger partial charge < -0.3 is 5.32 Å². The Morgan fingerprint density at radius 3 is 2.89 bits per heavy atom. The first-order valence-electron chi connectivity index (χ1n) is 6.41. The average Bonchev–Trinajstić information content (AvgIpc) is 2.78. The molecule has 1 amide bonds. The maximum absolute atomic E-state index is 12.0. The van der Waals surface area contributed by atoms with Gasteiger partial charge in [-0.15, -0.1) is 6.58 Å². The van der Waals surface area contributed by atoms with Crippen LogP contribution in [0.3, 0.4) is 0 Å². The van der Waals surface area contributed by atoms with Gasteiger partial charge in [-0.3, -0.25) is 4.79 Å². The number of sulfonamides is 1. The molecule has 1 heterocycles. The van der Waals surface area contributed by atoms with Gasteiger partial charge in [0.25, 0.3) is 0 Å². The van der Waals surface area contributed by atoms with E-state index in [4.69, 9.17) is 0 Å². The van der Waals surface area contributed by atoms with Crippen molar-refractivity contribution in [1.82, 2.24) is 9.62 Å². The van der Waals surface area contributed by atoms with Gasteiger partial charge in [-0.05, 0) is 25.7 Å². The molecule has 0 aromatic heterocycles. The highest BCUT2D eigenvalue weighted by molar-refractivity contribution is 7.89. The smallest absolute Gasteiger partial charge is 0.238 e. The lowest BCUT2D eigenvalue weighted by Gasteiger charge is -2.23. The normalized spacial score (nSPS) is 20.8. The summed E-state index contributed by atoms with van der Waals surface area (Å²) in [6.07, 6.45) is 4.36. The molecule has 0 spiro atoms. The Labute approximate surface area is 109 Å². The van der Waals surface area contributed by atoms with E-state index in [2.05, 4.69) is 11.9 Å². The Morgan fingerprint density at radius 1 is 1.56 bits per heavy atom. The predicted molar refractivity (Wildman–Crippen MR) is 71.6 cm³/mol. The number of amides is 1. The fraction of sp³-hybridized carbons (Fsp3) is 0.750. The first-order chi connectivity index (χ1) is 8.53. The monoisotopic (exact) mass is 274 g/mol. The maximum atomic E-state index is 12.0. The van der Waals surface area contributed by atoms with Crippen LogP contribution in [-0.2, 0) is 14.8 Å². The largest absolute Gasteiger partial charge is 0.354 e. The van der Waals surface area contributed by atoms with E-state index in [0.29, 0.717) is 32.4 Å². The molecular weight excluding hydrogens is 252 g/mol. The van der Waals surface area contributed by atoms with Gasteiger partial charge in [-0.2, -0.15) is 4.31 Å². The van der Waals surface area contributed by atoms with Crippen molar-refractivity contribution in [3.63, 3.8) is 0 Å². The molecule has 1 N–H and O–H groups in total. The van der Waals surface area contributed by atoms with E-state index >= 15 is 0 Å². The van der Waals surface area contributed by atoms with Crippen molar-refractivity contribution in [2.75, 3.05) is 18.8 Å². The predicted octanol–water partition coefficient (Wildman–Crippen LogP) is 0.883. The van der Waals surface area contributed by atoms with Gasteiger partial charge in [0.1, 0.15) is 6.04 Å². The van der Waals surface area contributed by atoms with Gasteiger partial charge in [-0.25, -0.2) is 8.42 Å². The first kappa shape index (κ1) is 15.2. The summed E-state index contributed by atoms with van der Waals surface area (Å²) in [5.41, 5.74) is 0. The first-order valence-corrected chi connectivity index (χ1v) is 8.02. The molecule has 0 aromatic carbocycles. The minimum atomic E-state index is -3.28. The van der Waals surface area contributed by atoms with Crippen LogP contribution >= 0.6 is 0 Å². The Morgan fingerprint density at radius 2 is 2.28 bits per heavy atom. The highest BCUT2D eigenvalue weighted by Gasteiger charge is 2.37. The standard InChI is InChI=1S/C12H22N2O3S/c1-3-5-8-13-12(15)11-7-6-9-14(11)18(16,17)10-4-2/h3,11H,1,4-10H2,2H3,(H,13,15).